The molecule has 0 atom stereocenters. The van der Waals surface area contributed by atoms with Gasteiger partial charge in [-0.15, -0.1) is 0 Å². The van der Waals surface area contributed by atoms with E-state index in [9.17, 15) is 19.7 Å². The Morgan fingerprint density at radius 1 is 1.48 bits per heavy atom. The number of non-ortho nitro benzene ring substituents is 1. The van der Waals surface area contributed by atoms with Gasteiger partial charge in [-0.3, -0.25) is 14.9 Å². The van der Waals surface area contributed by atoms with Crippen LogP contribution in [0, 0.1) is 10.1 Å². The predicted molar refractivity (Wildman–Crippen MR) is 79.3 cm³/mol. The van der Waals surface area contributed by atoms with Gasteiger partial charge in [0.1, 0.15) is 6.54 Å². The van der Waals surface area contributed by atoms with Crippen molar-refractivity contribution in [2.45, 2.75) is 13.3 Å². The maximum Gasteiger partial charge on any atom is 0.323 e. The highest BCUT2D eigenvalue weighted by Gasteiger charge is 2.18. The van der Waals surface area contributed by atoms with Gasteiger partial charge in [-0.1, -0.05) is 6.92 Å². The number of carbonyl (C=O) groups is 2. The number of carbonyl (C=O) groups excluding carboxylic acids is 1. The molecule has 21 heavy (non-hydrogen) atoms. The van der Waals surface area contributed by atoms with Crippen molar-refractivity contribution in [2.75, 3.05) is 18.4 Å². The minimum atomic E-state index is -1.13. The van der Waals surface area contributed by atoms with Crippen LogP contribution in [0.3, 0.4) is 0 Å². The minimum Gasteiger partial charge on any atom is -0.480 e. The molecule has 1 rings (SSSR count). The molecule has 114 valence electrons. The Balaban J connectivity index is 2.92. The number of carboxylic acids is 1. The lowest BCUT2D eigenvalue weighted by Gasteiger charge is -2.20. The van der Waals surface area contributed by atoms with Crippen molar-refractivity contribution in [1.29, 1.82) is 0 Å². The summed E-state index contributed by atoms with van der Waals surface area (Å²) in [5.41, 5.74) is 0.0365. The fraction of sp³-hybridized carbons (Fsp3) is 0.333. The first-order valence-corrected chi connectivity index (χ1v) is 6.86. The molecule has 9 heteroatoms. The van der Waals surface area contributed by atoms with Crippen molar-refractivity contribution in [1.82, 2.24) is 4.90 Å². The molecule has 0 heterocycles. The number of nitrogens with one attached hydrogen (secondary N) is 1. The van der Waals surface area contributed by atoms with Gasteiger partial charge in [-0.05, 0) is 28.4 Å². The molecule has 0 spiro atoms. The van der Waals surface area contributed by atoms with Crippen molar-refractivity contribution in [3.8, 4) is 0 Å². The van der Waals surface area contributed by atoms with E-state index in [-0.39, 0.29) is 17.9 Å². The van der Waals surface area contributed by atoms with Gasteiger partial charge in [0.15, 0.2) is 0 Å². The molecule has 0 aromatic heterocycles. The van der Waals surface area contributed by atoms with Gasteiger partial charge in [0.05, 0.1) is 10.6 Å². The Kier molecular flexibility index (Phi) is 6.10. The molecule has 0 unspecified atom stereocenters. The molecular weight excluding hydrogens is 346 g/mol. The summed E-state index contributed by atoms with van der Waals surface area (Å²) in [6, 6.07) is 3.31. The van der Waals surface area contributed by atoms with Gasteiger partial charge in [0.2, 0.25) is 0 Å². The number of anilines is 1. The van der Waals surface area contributed by atoms with Crippen molar-refractivity contribution in [3.63, 3.8) is 0 Å². The second-order valence-electron chi connectivity index (χ2n) is 4.17. The highest BCUT2D eigenvalue weighted by Crippen LogP contribution is 2.27. The van der Waals surface area contributed by atoms with E-state index >= 15 is 0 Å². The Morgan fingerprint density at radius 2 is 2.14 bits per heavy atom. The first-order chi connectivity index (χ1) is 9.85. The normalized spacial score (nSPS) is 10.0. The third kappa shape index (κ3) is 5.03. The number of hydrogen-bond donors (Lipinski definition) is 2. The number of hydrogen-bond acceptors (Lipinski definition) is 4. The van der Waals surface area contributed by atoms with Crippen LogP contribution in [-0.2, 0) is 4.79 Å². The summed E-state index contributed by atoms with van der Waals surface area (Å²) in [4.78, 5) is 34.0. The van der Waals surface area contributed by atoms with Crippen molar-refractivity contribution >= 4 is 39.3 Å². The van der Waals surface area contributed by atoms with E-state index in [2.05, 4.69) is 21.2 Å². The zero-order valence-corrected chi connectivity index (χ0v) is 12.8. The fourth-order valence-corrected chi connectivity index (χ4v) is 1.95. The SMILES string of the molecule is CCCN(CC(=O)O)C(=O)Nc1cc([N+](=O)[O-])ccc1Br. The van der Waals surface area contributed by atoms with E-state index in [1.54, 1.807) is 0 Å². The summed E-state index contributed by atoms with van der Waals surface area (Å²) < 4.78 is 0.466. The monoisotopic (exact) mass is 359 g/mol. The summed E-state index contributed by atoms with van der Waals surface area (Å²) >= 11 is 3.17. The topological polar surface area (TPSA) is 113 Å². The van der Waals surface area contributed by atoms with Crippen LogP contribution in [0.25, 0.3) is 0 Å². The van der Waals surface area contributed by atoms with Gasteiger partial charge in [-0.2, -0.15) is 0 Å². The van der Waals surface area contributed by atoms with Crippen LogP contribution in [0.15, 0.2) is 22.7 Å². The standard InChI is InChI=1S/C12H14BrN3O5/c1-2-5-15(7-11(17)18)12(19)14-10-6-8(16(20)21)3-4-9(10)13/h3-4,6H,2,5,7H2,1H3,(H,14,19)(H,17,18). The number of halogens is 1. The lowest BCUT2D eigenvalue weighted by atomic mass is 10.3. The van der Waals surface area contributed by atoms with E-state index in [1.807, 2.05) is 6.92 Å². The Hall–Kier alpha value is -2.16. The first kappa shape index (κ1) is 16.9. The quantitative estimate of drug-likeness (QED) is 0.598. The maximum atomic E-state index is 12.0. The molecule has 2 amide bonds. The van der Waals surface area contributed by atoms with E-state index < -0.39 is 23.5 Å². The number of aliphatic carboxylic acids is 1. The fourth-order valence-electron chi connectivity index (χ4n) is 1.60. The summed E-state index contributed by atoms with van der Waals surface area (Å²) in [7, 11) is 0. The molecule has 0 aliphatic carbocycles. The van der Waals surface area contributed by atoms with E-state index in [1.165, 1.54) is 18.2 Å². The highest BCUT2D eigenvalue weighted by molar-refractivity contribution is 9.10. The molecule has 0 fully saturated rings. The van der Waals surface area contributed by atoms with Gasteiger partial charge < -0.3 is 15.3 Å². The van der Waals surface area contributed by atoms with E-state index in [4.69, 9.17) is 5.11 Å². The van der Waals surface area contributed by atoms with E-state index in [0.29, 0.717) is 10.9 Å². The molecule has 1 aromatic carbocycles. The van der Waals surface area contributed by atoms with Crippen LogP contribution in [0.1, 0.15) is 13.3 Å². The second kappa shape index (κ2) is 7.58. The number of benzene rings is 1. The predicted octanol–water partition coefficient (Wildman–Crippen LogP) is 2.69. The lowest BCUT2D eigenvalue weighted by Crippen LogP contribution is -2.39. The molecule has 0 saturated carbocycles. The van der Waals surface area contributed by atoms with Crippen LogP contribution in [0.2, 0.25) is 0 Å². The van der Waals surface area contributed by atoms with Crippen molar-refractivity contribution < 1.29 is 19.6 Å². The second-order valence-corrected chi connectivity index (χ2v) is 5.02. The maximum absolute atomic E-state index is 12.0. The smallest absolute Gasteiger partial charge is 0.323 e. The molecule has 0 aliphatic rings. The van der Waals surface area contributed by atoms with E-state index in [0.717, 1.165) is 4.90 Å². The number of nitro benzene ring substituents is 1. The molecule has 0 radical (unpaired) electrons. The summed E-state index contributed by atoms with van der Waals surface area (Å²) in [6.45, 7) is 1.64. The van der Waals surface area contributed by atoms with Crippen LogP contribution in [0.5, 0.6) is 0 Å². The first-order valence-electron chi connectivity index (χ1n) is 6.06. The molecule has 8 nitrogen and oxygen atoms in total. The van der Waals surface area contributed by atoms with Gasteiger partial charge >= 0.3 is 12.0 Å². The number of rotatable bonds is 6. The zero-order valence-electron chi connectivity index (χ0n) is 11.2. The number of carboxylic acid groups (broad SMARTS) is 1. The third-order valence-electron chi connectivity index (χ3n) is 2.51. The molecule has 0 aliphatic heterocycles. The summed E-state index contributed by atoms with van der Waals surface area (Å²) in [5.74, 6) is -1.13. The van der Waals surface area contributed by atoms with Gasteiger partial charge in [-0.25, -0.2) is 4.79 Å². The van der Waals surface area contributed by atoms with Gasteiger partial charge in [0.25, 0.3) is 5.69 Å². The molecule has 2 N–H and O–H groups in total. The highest BCUT2D eigenvalue weighted by atomic mass is 79.9. The average Bonchev–Trinajstić information content (AvgIpc) is 2.40. The largest absolute Gasteiger partial charge is 0.480 e. The number of amides is 2. The number of nitro groups is 1. The van der Waals surface area contributed by atoms with Crippen LogP contribution in [0.4, 0.5) is 16.2 Å². The minimum absolute atomic E-state index is 0.172. The third-order valence-corrected chi connectivity index (χ3v) is 3.20. The molecular formula is C12H14BrN3O5. The number of urea groups is 1. The lowest BCUT2D eigenvalue weighted by molar-refractivity contribution is -0.384. The summed E-state index contributed by atoms with van der Waals surface area (Å²) in [6.07, 6.45) is 0.594. The number of nitrogens with zero attached hydrogens (tertiary/aromatic N) is 2. The van der Waals surface area contributed by atoms with Crippen LogP contribution in [-0.4, -0.2) is 40.0 Å². The van der Waals surface area contributed by atoms with Crippen LogP contribution >= 0.6 is 15.9 Å². The Morgan fingerprint density at radius 3 is 2.67 bits per heavy atom. The van der Waals surface area contributed by atoms with Crippen LogP contribution < -0.4 is 5.32 Å². The molecule has 1 aromatic rings. The van der Waals surface area contributed by atoms with Crippen molar-refractivity contribution in [2.24, 2.45) is 0 Å². The van der Waals surface area contributed by atoms with Gasteiger partial charge in [0, 0.05) is 23.2 Å². The summed E-state index contributed by atoms with van der Waals surface area (Å²) in [5, 5.41) is 22.0. The zero-order chi connectivity index (χ0) is 16.0. The van der Waals surface area contributed by atoms with Crippen molar-refractivity contribution in [3.05, 3.63) is 32.8 Å². The Bertz CT molecular complexity index is 564. The molecule has 0 bridgehead atoms. The molecule has 0 saturated heterocycles. The average molecular weight is 360 g/mol. The Labute approximate surface area is 129 Å².